The van der Waals surface area contributed by atoms with E-state index < -0.39 is 11.8 Å². The lowest BCUT2D eigenvalue weighted by Gasteiger charge is -2.19. The van der Waals surface area contributed by atoms with Crippen molar-refractivity contribution in [3.63, 3.8) is 0 Å². The third kappa shape index (κ3) is 1.98. The first-order chi connectivity index (χ1) is 9.59. The normalized spacial score (nSPS) is 17.9. The summed E-state index contributed by atoms with van der Waals surface area (Å²) < 4.78 is 0. The second-order valence-electron chi connectivity index (χ2n) is 4.95. The van der Waals surface area contributed by atoms with Crippen LogP contribution in [0.2, 0.25) is 5.02 Å². The van der Waals surface area contributed by atoms with Gasteiger partial charge in [0, 0.05) is 13.1 Å². The Kier molecular flexibility index (Phi) is 3.22. The Labute approximate surface area is 121 Å². The molecule has 0 saturated carbocycles. The molecule has 2 aliphatic rings. The van der Waals surface area contributed by atoms with E-state index >= 15 is 0 Å². The molecule has 0 radical (unpaired) electrons. The van der Waals surface area contributed by atoms with Crippen molar-refractivity contribution in [2.24, 2.45) is 0 Å². The monoisotopic (exact) mass is 292 g/mol. The van der Waals surface area contributed by atoms with E-state index in [1.807, 2.05) is 0 Å². The zero-order valence-electron chi connectivity index (χ0n) is 10.8. The van der Waals surface area contributed by atoms with Crippen LogP contribution in [0.5, 0.6) is 0 Å². The van der Waals surface area contributed by atoms with Crippen LogP contribution < -0.4 is 0 Å². The molecule has 6 heteroatoms. The van der Waals surface area contributed by atoms with Crippen molar-refractivity contribution in [3.05, 3.63) is 34.3 Å². The standard InChI is InChI=1S/C14H13ClN2O3/c15-10-5-3-4-9-12(10)14(20)17(13(9)19)8-11(18)16-6-1-2-7-16/h3-5H,1-2,6-8H2. The van der Waals surface area contributed by atoms with Gasteiger partial charge >= 0.3 is 0 Å². The SMILES string of the molecule is O=C(CN1C(=O)c2cccc(Cl)c2C1=O)N1CCCC1. The lowest BCUT2D eigenvalue weighted by molar-refractivity contribution is -0.130. The summed E-state index contributed by atoms with van der Waals surface area (Å²) in [5.74, 6) is -1.11. The van der Waals surface area contributed by atoms with Crippen molar-refractivity contribution in [3.8, 4) is 0 Å². The lowest BCUT2D eigenvalue weighted by atomic mass is 10.1. The summed E-state index contributed by atoms with van der Waals surface area (Å²) in [6, 6.07) is 4.75. The van der Waals surface area contributed by atoms with Crippen molar-refractivity contribution in [2.75, 3.05) is 19.6 Å². The van der Waals surface area contributed by atoms with E-state index in [1.165, 1.54) is 0 Å². The fraction of sp³-hybridized carbons (Fsp3) is 0.357. The molecular formula is C14H13ClN2O3. The number of carbonyl (C=O) groups excluding carboxylic acids is 3. The third-order valence-corrected chi connectivity index (χ3v) is 4.02. The van der Waals surface area contributed by atoms with Crippen LogP contribution in [0.25, 0.3) is 0 Å². The predicted molar refractivity (Wildman–Crippen MR) is 72.6 cm³/mol. The summed E-state index contributed by atoms with van der Waals surface area (Å²) in [5, 5.41) is 0.247. The van der Waals surface area contributed by atoms with Crippen LogP contribution in [-0.4, -0.2) is 47.2 Å². The van der Waals surface area contributed by atoms with E-state index in [-0.39, 0.29) is 28.6 Å². The summed E-state index contributed by atoms with van der Waals surface area (Å²) in [4.78, 5) is 39.2. The van der Waals surface area contributed by atoms with E-state index in [4.69, 9.17) is 11.6 Å². The first-order valence-electron chi connectivity index (χ1n) is 6.52. The number of likely N-dealkylation sites (tertiary alicyclic amines) is 1. The third-order valence-electron chi connectivity index (χ3n) is 3.70. The molecule has 2 aliphatic heterocycles. The lowest BCUT2D eigenvalue weighted by Crippen LogP contribution is -2.41. The molecule has 0 aromatic heterocycles. The number of hydrogen-bond acceptors (Lipinski definition) is 3. The highest BCUT2D eigenvalue weighted by atomic mass is 35.5. The quantitative estimate of drug-likeness (QED) is 0.777. The number of rotatable bonds is 2. The highest BCUT2D eigenvalue weighted by Gasteiger charge is 2.38. The molecule has 1 fully saturated rings. The number of benzene rings is 1. The molecule has 3 amide bonds. The average molecular weight is 293 g/mol. The fourth-order valence-corrected chi connectivity index (χ4v) is 2.89. The van der Waals surface area contributed by atoms with Crippen LogP contribution >= 0.6 is 11.6 Å². The number of carbonyl (C=O) groups is 3. The first kappa shape index (κ1) is 13.1. The van der Waals surface area contributed by atoms with Gasteiger partial charge in [-0.1, -0.05) is 17.7 Å². The maximum Gasteiger partial charge on any atom is 0.263 e. The van der Waals surface area contributed by atoms with Crippen molar-refractivity contribution >= 4 is 29.3 Å². The van der Waals surface area contributed by atoms with Crippen LogP contribution in [0.3, 0.4) is 0 Å². The number of halogens is 1. The van der Waals surface area contributed by atoms with Crippen LogP contribution in [0.15, 0.2) is 18.2 Å². The number of hydrogen-bond donors (Lipinski definition) is 0. The molecule has 0 spiro atoms. The summed E-state index contributed by atoms with van der Waals surface area (Å²) in [7, 11) is 0. The predicted octanol–water partition coefficient (Wildman–Crippen LogP) is 1.56. The maximum atomic E-state index is 12.2. The summed E-state index contributed by atoms with van der Waals surface area (Å²) in [5.41, 5.74) is 0.477. The second-order valence-corrected chi connectivity index (χ2v) is 5.35. The van der Waals surface area contributed by atoms with Gasteiger partial charge in [0.2, 0.25) is 5.91 Å². The molecule has 5 nitrogen and oxygen atoms in total. The molecule has 0 bridgehead atoms. The molecule has 0 atom stereocenters. The van der Waals surface area contributed by atoms with Gasteiger partial charge in [0.1, 0.15) is 6.54 Å². The van der Waals surface area contributed by atoms with Gasteiger partial charge < -0.3 is 4.90 Å². The van der Waals surface area contributed by atoms with Gasteiger partial charge in [-0.2, -0.15) is 0 Å². The minimum atomic E-state index is -0.483. The Balaban J connectivity index is 1.83. The van der Waals surface area contributed by atoms with Gasteiger partial charge in [-0.15, -0.1) is 0 Å². The zero-order valence-corrected chi connectivity index (χ0v) is 11.5. The van der Waals surface area contributed by atoms with Crippen molar-refractivity contribution < 1.29 is 14.4 Å². The molecule has 0 aliphatic carbocycles. The fourth-order valence-electron chi connectivity index (χ4n) is 2.64. The van der Waals surface area contributed by atoms with E-state index in [9.17, 15) is 14.4 Å². The molecule has 0 N–H and O–H groups in total. The summed E-state index contributed by atoms with van der Waals surface area (Å²) in [6.07, 6.45) is 1.94. The number of amides is 3. The molecule has 0 unspecified atom stereocenters. The minimum Gasteiger partial charge on any atom is -0.341 e. The topological polar surface area (TPSA) is 57.7 Å². The Morgan fingerprint density at radius 2 is 1.85 bits per heavy atom. The largest absolute Gasteiger partial charge is 0.341 e. The van der Waals surface area contributed by atoms with Crippen LogP contribution in [-0.2, 0) is 4.79 Å². The van der Waals surface area contributed by atoms with Gasteiger partial charge in [-0.05, 0) is 25.0 Å². The Morgan fingerprint density at radius 1 is 1.15 bits per heavy atom. The molecule has 1 saturated heterocycles. The smallest absolute Gasteiger partial charge is 0.263 e. The van der Waals surface area contributed by atoms with Crippen molar-refractivity contribution in [1.82, 2.24) is 9.80 Å². The zero-order chi connectivity index (χ0) is 14.3. The highest BCUT2D eigenvalue weighted by molar-refractivity contribution is 6.37. The van der Waals surface area contributed by atoms with Crippen LogP contribution in [0.4, 0.5) is 0 Å². The van der Waals surface area contributed by atoms with Crippen molar-refractivity contribution in [2.45, 2.75) is 12.8 Å². The molecule has 2 heterocycles. The number of imide groups is 1. The van der Waals surface area contributed by atoms with Gasteiger partial charge in [0.15, 0.2) is 0 Å². The van der Waals surface area contributed by atoms with E-state index in [2.05, 4.69) is 0 Å². The van der Waals surface area contributed by atoms with Crippen LogP contribution in [0.1, 0.15) is 33.6 Å². The minimum absolute atomic E-state index is 0.187. The molecule has 104 valence electrons. The summed E-state index contributed by atoms with van der Waals surface area (Å²) >= 11 is 5.96. The highest BCUT2D eigenvalue weighted by Crippen LogP contribution is 2.29. The maximum absolute atomic E-state index is 12.2. The van der Waals surface area contributed by atoms with E-state index in [1.54, 1.807) is 23.1 Å². The van der Waals surface area contributed by atoms with Gasteiger partial charge in [-0.3, -0.25) is 19.3 Å². The van der Waals surface area contributed by atoms with Gasteiger partial charge in [0.25, 0.3) is 11.8 Å². The molecular weight excluding hydrogens is 280 g/mol. The number of nitrogens with zero attached hydrogens (tertiary/aromatic N) is 2. The average Bonchev–Trinajstić information content (AvgIpc) is 3.03. The molecule has 1 aromatic rings. The Hall–Kier alpha value is -1.88. The van der Waals surface area contributed by atoms with E-state index in [0.717, 1.165) is 17.7 Å². The summed E-state index contributed by atoms with van der Waals surface area (Å²) in [6.45, 7) is 1.19. The van der Waals surface area contributed by atoms with Crippen molar-refractivity contribution in [1.29, 1.82) is 0 Å². The Bertz CT molecular complexity index is 608. The van der Waals surface area contributed by atoms with Gasteiger partial charge in [-0.25, -0.2) is 0 Å². The van der Waals surface area contributed by atoms with E-state index in [0.29, 0.717) is 13.1 Å². The number of fused-ring (bicyclic) bond motifs is 1. The molecule has 3 rings (SSSR count). The second kappa shape index (κ2) is 4.90. The molecule has 1 aromatic carbocycles. The molecule has 20 heavy (non-hydrogen) atoms. The van der Waals surface area contributed by atoms with Gasteiger partial charge in [0.05, 0.1) is 16.1 Å². The Morgan fingerprint density at radius 3 is 2.50 bits per heavy atom. The first-order valence-corrected chi connectivity index (χ1v) is 6.90. The van der Waals surface area contributed by atoms with Crippen LogP contribution in [0, 0.1) is 0 Å².